The third-order valence-electron chi connectivity index (χ3n) is 3.54. The lowest BCUT2D eigenvalue weighted by Gasteiger charge is -2.07. The van der Waals surface area contributed by atoms with Crippen LogP contribution < -0.4 is 0 Å². The molecular weight excluding hydrogens is 352 g/mol. The molecule has 0 N–H and O–H groups in total. The number of ether oxygens (including phenoxy) is 1. The predicted molar refractivity (Wildman–Crippen MR) is 95.1 cm³/mol. The Labute approximate surface area is 143 Å². The molecule has 0 amide bonds. The highest BCUT2D eigenvalue weighted by molar-refractivity contribution is 9.10. The van der Waals surface area contributed by atoms with E-state index in [1.807, 2.05) is 66.7 Å². The molecule has 0 aromatic heterocycles. The van der Waals surface area contributed by atoms with Gasteiger partial charge < -0.3 is 4.74 Å². The van der Waals surface area contributed by atoms with Gasteiger partial charge in [0.1, 0.15) is 6.61 Å². The van der Waals surface area contributed by atoms with Gasteiger partial charge in [0.05, 0.1) is 5.56 Å². The summed E-state index contributed by atoms with van der Waals surface area (Å²) in [5, 5.41) is 0. The number of rotatable bonds is 4. The quantitative estimate of drug-likeness (QED) is 0.572. The van der Waals surface area contributed by atoms with Gasteiger partial charge in [-0.05, 0) is 29.3 Å². The first-order valence-electron chi connectivity index (χ1n) is 7.30. The summed E-state index contributed by atoms with van der Waals surface area (Å²) in [7, 11) is 0. The maximum absolute atomic E-state index is 12.1. The minimum Gasteiger partial charge on any atom is -0.457 e. The number of esters is 1. The number of benzene rings is 3. The molecule has 2 nitrogen and oxygen atoms in total. The van der Waals surface area contributed by atoms with Gasteiger partial charge in [0.2, 0.25) is 0 Å². The molecule has 0 aliphatic carbocycles. The van der Waals surface area contributed by atoms with E-state index in [9.17, 15) is 4.79 Å². The van der Waals surface area contributed by atoms with Gasteiger partial charge in [-0.3, -0.25) is 0 Å². The average Bonchev–Trinajstić information content (AvgIpc) is 2.62. The second-order valence-corrected chi connectivity index (χ2v) is 5.97. The molecule has 0 unspecified atom stereocenters. The molecule has 0 radical (unpaired) electrons. The first kappa shape index (κ1) is 15.5. The highest BCUT2D eigenvalue weighted by Gasteiger charge is 2.09. The van der Waals surface area contributed by atoms with Gasteiger partial charge in [0, 0.05) is 10.0 Å². The van der Waals surface area contributed by atoms with E-state index in [1.165, 1.54) is 0 Å². The van der Waals surface area contributed by atoms with Crippen LogP contribution in [0.25, 0.3) is 11.1 Å². The molecule has 0 fully saturated rings. The van der Waals surface area contributed by atoms with Crippen molar-refractivity contribution in [1.82, 2.24) is 0 Å². The molecule has 0 atom stereocenters. The topological polar surface area (TPSA) is 26.3 Å². The van der Waals surface area contributed by atoms with Crippen LogP contribution in [0.5, 0.6) is 0 Å². The van der Waals surface area contributed by atoms with Crippen LogP contribution in [0.4, 0.5) is 0 Å². The van der Waals surface area contributed by atoms with Gasteiger partial charge in [0.25, 0.3) is 0 Å². The summed E-state index contributed by atoms with van der Waals surface area (Å²) in [6.45, 7) is 0.251. The molecule has 0 saturated heterocycles. The van der Waals surface area contributed by atoms with E-state index in [1.54, 1.807) is 12.1 Å². The largest absolute Gasteiger partial charge is 0.457 e. The van der Waals surface area contributed by atoms with Crippen LogP contribution in [0.2, 0.25) is 0 Å². The normalized spacial score (nSPS) is 10.3. The molecule has 0 aliphatic heterocycles. The van der Waals surface area contributed by atoms with Crippen molar-refractivity contribution in [1.29, 1.82) is 0 Å². The summed E-state index contributed by atoms with van der Waals surface area (Å²) in [6.07, 6.45) is 0. The minimum absolute atomic E-state index is 0.251. The van der Waals surface area contributed by atoms with Crippen molar-refractivity contribution >= 4 is 21.9 Å². The second kappa shape index (κ2) is 7.25. The average molecular weight is 367 g/mol. The molecule has 23 heavy (non-hydrogen) atoms. The third-order valence-corrected chi connectivity index (χ3v) is 4.32. The highest BCUT2D eigenvalue weighted by atomic mass is 79.9. The molecule has 3 rings (SSSR count). The van der Waals surface area contributed by atoms with Crippen molar-refractivity contribution in [2.75, 3.05) is 0 Å². The Kier molecular flexibility index (Phi) is 4.89. The van der Waals surface area contributed by atoms with Crippen LogP contribution in [-0.2, 0) is 11.3 Å². The molecule has 0 bridgehead atoms. The smallest absolute Gasteiger partial charge is 0.338 e. The number of carbonyl (C=O) groups excluding carboxylic acids is 1. The molecule has 114 valence electrons. The Bertz CT molecular complexity index is 795. The fourth-order valence-electron chi connectivity index (χ4n) is 2.27. The van der Waals surface area contributed by atoms with E-state index in [4.69, 9.17) is 4.74 Å². The first-order chi connectivity index (χ1) is 11.2. The minimum atomic E-state index is -0.319. The van der Waals surface area contributed by atoms with Crippen molar-refractivity contribution < 1.29 is 9.53 Å². The van der Waals surface area contributed by atoms with Gasteiger partial charge >= 0.3 is 5.97 Å². The zero-order valence-electron chi connectivity index (χ0n) is 12.4. The summed E-state index contributed by atoms with van der Waals surface area (Å²) in [5.74, 6) is -0.319. The van der Waals surface area contributed by atoms with Gasteiger partial charge in [-0.15, -0.1) is 0 Å². The predicted octanol–water partition coefficient (Wildman–Crippen LogP) is 5.47. The van der Waals surface area contributed by atoms with Gasteiger partial charge in [-0.2, -0.15) is 0 Å². The molecule has 0 aliphatic rings. The lowest BCUT2D eigenvalue weighted by atomic mass is 10.0. The SMILES string of the molecule is O=C(OCc1ccccc1Br)c1ccc(-c2ccccc2)cc1. The van der Waals surface area contributed by atoms with E-state index in [0.29, 0.717) is 5.56 Å². The van der Waals surface area contributed by atoms with Crippen LogP contribution in [-0.4, -0.2) is 5.97 Å². The Morgan fingerprint density at radius 1 is 0.783 bits per heavy atom. The van der Waals surface area contributed by atoms with E-state index in [2.05, 4.69) is 15.9 Å². The number of halogens is 1. The van der Waals surface area contributed by atoms with Gasteiger partial charge in [-0.1, -0.05) is 76.6 Å². The Balaban J connectivity index is 1.67. The highest BCUT2D eigenvalue weighted by Crippen LogP contribution is 2.20. The zero-order valence-corrected chi connectivity index (χ0v) is 14.0. The van der Waals surface area contributed by atoms with Crippen LogP contribution in [0.3, 0.4) is 0 Å². The fourth-order valence-corrected chi connectivity index (χ4v) is 2.67. The summed E-state index contributed by atoms with van der Waals surface area (Å²) in [5.41, 5.74) is 3.70. The monoisotopic (exact) mass is 366 g/mol. The summed E-state index contributed by atoms with van der Waals surface area (Å²) in [6, 6.07) is 25.2. The standard InChI is InChI=1S/C20H15BrO2/c21-19-9-5-4-8-18(19)14-23-20(22)17-12-10-16(11-13-17)15-6-2-1-3-7-15/h1-13H,14H2. The summed E-state index contributed by atoms with van der Waals surface area (Å²) >= 11 is 3.45. The van der Waals surface area contributed by atoms with E-state index >= 15 is 0 Å². The maximum atomic E-state index is 12.1. The molecule has 3 heteroatoms. The van der Waals surface area contributed by atoms with Crippen LogP contribution in [0.15, 0.2) is 83.3 Å². The molecule has 3 aromatic carbocycles. The van der Waals surface area contributed by atoms with Crippen molar-refractivity contribution in [3.8, 4) is 11.1 Å². The zero-order chi connectivity index (χ0) is 16.1. The van der Waals surface area contributed by atoms with Crippen LogP contribution >= 0.6 is 15.9 Å². The van der Waals surface area contributed by atoms with Crippen molar-refractivity contribution in [2.45, 2.75) is 6.61 Å². The lowest BCUT2D eigenvalue weighted by molar-refractivity contribution is 0.0472. The van der Waals surface area contributed by atoms with Crippen molar-refractivity contribution in [3.05, 3.63) is 94.5 Å². The molecule has 3 aromatic rings. The van der Waals surface area contributed by atoms with Gasteiger partial charge in [0.15, 0.2) is 0 Å². The van der Waals surface area contributed by atoms with Crippen LogP contribution in [0, 0.1) is 0 Å². The number of hydrogen-bond donors (Lipinski definition) is 0. The molecule has 0 saturated carbocycles. The fraction of sp³-hybridized carbons (Fsp3) is 0.0500. The maximum Gasteiger partial charge on any atom is 0.338 e. The molecule has 0 heterocycles. The molecular formula is C20H15BrO2. The third kappa shape index (κ3) is 3.88. The lowest BCUT2D eigenvalue weighted by Crippen LogP contribution is -2.05. The summed E-state index contributed by atoms with van der Waals surface area (Å²) < 4.78 is 6.31. The molecule has 0 spiro atoms. The van der Waals surface area contributed by atoms with Crippen molar-refractivity contribution in [3.63, 3.8) is 0 Å². The van der Waals surface area contributed by atoms with E-state index < -0.39 is 0 Å². The number of carbonyl (C=O) groups is 1. The first-order valence-corrected chi connectivity index (χ1v) is 8.09. The Morgan fingerprint density at radius 3 is 2.09 bits per heavy atom. The number of hydrogen-bond acceptors (Lipinski definition) is 2. The Morgan fingerprint density at radius 2 is 1.39 bits per heavy atom. The second-order valence-electron chi connectivity index (χ2n) is 5.11. The van der Waals surface area contributed by atoms with E-state index in [-0.39, 0.29) is 12.6 Å². The van der Waals surface area contributed by atoms with Gasteiger partial charge in [-0.25, -0.2) is 4.79 Å². The van der Waals surface area contributed by atoms with Crippen molar-refractivity contribution in [2.24, 2.45) is 0 Å². The van der Waals surface area contributed by atoms with E-state index in [0.717, 1.165) is 21.2 Å². The van der Waals surface area contributed by atoms with Crippen LogP contribution in [0.1, 0.15) is 15.9 Å². The Hall–Kier alpha value is -2.39. The summed E-state index contributed by atoms with van der Waals surface area (Å²) in [4.78, 5) is 12.1.